The van der Waals surface area contributed by atoms with Crippen molar-refractivity contribution in [1.82, 2.24) is 9.80 Å². The topological polar surface area (TPSA) is 37.3 Å². The molecule has 0 aromatic rings. The number of allylic oxidation sites excluding steroid dienone is 3. The number of hydrogen-bond acceptors (Lipinski definition) is 5. The summed E-state index contributed by atoms with van der Waals surface area (Å²) in [4.78, 5) is 9.37. The molecule has 0 saturated carbocycles. The molecule has 1 aliphatic carbocycles. The van der Waals surface area contributed by atoms with Gasteiger partial charge >= 0.3 is 0 Å². The summed E-state index contributed by atoms with van der Waals surface area (Å²) in [6.45, 7) is 16.5. The Morgan fingerprint density at radius 2 is 2.00 bits per heavy atom. The first-order chi connectivity index (χ1) is 12.4. The van der Waals surface area contributed by atoms with Crippen LogP contribution in [0.15, 0.2) is 52.3 Å². The maximum absolute atomic E-state index is 6.16. The molecule has 5 heteroatoms. The van der Waals surface area contributed by atoms with E-state index in [1.165, 1.54) is 11.1 Å². The van der Waals surface area contributed by atoms with Gasteiger partial charge in [0.2, 0.25) is 0 Å². The van der Waals surface area contributed by atoms with E-state index in [0.717, 1.165) is 56.4 Å². The highest BCUT2D eigenvalue weighted by molar-refractivity contribution is 6.16. The Bertz CT molecular complexity index is 674. The predicted octanol–water partition coefficient (Wildman–Crippen LogP) is 2.78. The number of nitrogens with zero attached hydrogens (tertiary/aromatic N) is 3. The van der Waals surface area contributed by atoms with E-state index in [1.807, 2.05) is 13.1 Å². The molecule has 1 fully saturated rings. The van der Waals surface area contributed by atoms with Crippen LogP contribution >= 0.6 is 0 Å². The molecule has 0 aromatic heterocycles. The van der Waals surface area contributed by atoms with Gasteiger partial charge in [-0.1, -0.05) is 18.7 Å². The van der Waals surface area contributed by atoms with Crippen LogP contribution in [0.5, 0.6) is 0 Å². The molecule has 2 aliphatic heterocycles. The fourth-order valence-electron chi connectivity index (χ4n) is 3.54. The van der Waals surface area contributed by atoms with E-state index in [2.05, 4.69) is 54.3 Å². The van der Waals surface area contributed by atoms with Crippen LogP contribution in [0.3, 0.4) is 0 Å². The molecule has 0 atom stereocenters. The Kier molecular flexibility index (Phi) is 5.80. The molecule has 0 radical (unpaired) electrons. The molecule has 142 valence electrons. The van der Waals surface area contributed by atoms with E-state index < -0.39 is 0 Å². The maximum Gasteiger partial charge on any atom is 0.151 e. The summed E-state index contributed by atoms with van der Waals surface area (Å²) in [7, 11) is 1.84. The molecule has 0 amide bonds. The van der Waals surface area contributed by atoms with Crippen molar-refractivity contribution in [3.63, 3.8) is 0 Å². The Hall–Kier alpha value is -1.69. The van der Waals surface area contributed by atoms with Crippen LogP contribution < -0.4 is 0 Å². The minimum absolute atomic E-state index is 0.0670. The zero-order valence-corrected chi connectivity index (χ0v) is 16.5. The van der Waals surface area contributed by atoms with Crippen LogP contribution in [0.25, 0.3) is 0 Å². The molecule has 0 unspecified atom stereocenters. The first-order valence-corrected chi connectivity index (χ1v) is 9.36. The van der Waals surface area contributed by atoms with Gasteiger partial charge in [-0.3, -0.25) is 14.8 Å². The summed E-state index contributed by atoms with van der Waals surface area (Å²) in [5.41, 5.74) is 4.63. The number of hydrogen-bond donors (Lipinski definition) is 0. The van der Waals surface area contributed by atoms with Gasteiger partial charge in [0.05, 0.1) is 13.2 Å². The smallest absolute Gasteiger partial charge is 0.151 e. The van der Waals surface area contributed by atoms with Crippen LogP contribution in [0.1, 0.15) is 20.8 Å². The third kappa shape index (κ3) is 4.00. The molecule has 3 rings (SSSR count). The molecular weight excluding hydrogens is 326 g/mol. The minimum atomic E-state index is 0.0670. The van der Waals surface area contributed by atoms with E-state index in [9.17, 15) is 0 Å². The summed E-state index contributed by atoms with van der Waals surface area (Å²) >= 11 is 0. The Balaban J connectivity index is 1.94. The second-order valence-corrected chi connectivity index (χ2v) is 7.94. The average molecular weight is 357 g/mol. The number of rotatable bonds is 3. The lowest BCUT2D eigenvalue weighted by Gasteiger charge is -2.41. The molecule has 3 aliphatic rings. The molecule has 0 N–H and O–H groups in total. The van der Waals surface area contributed by atoms with Crippen molar-refractivity contribution in [2.75, 3.05) is 53.2 Å². The lowest BCUT2D eigenvalue weighted by Crippen LogP contribution is -2.47. The maximum atomic E-state index is 6.16. The largest absolute Gasteiger partial charge is 0.475 e. The molecule has 0 spiro atoms. The molecule has 1 saturated heterocycles. The highest BCUT2D eigenvalue weighted by Crippen LogP contribution is 2.33. The summed E-state index contributed by atoms with van der Waals surface area (Å²) < 4.78 is 11.7. The molecule has 5 nitrogen and oxygen atoms in total. The van der Waals surface area contributed by atoms with Gasteiger partial charge in [-0.25, -0.2) is 0 Å². The van der Waals surface area contributed by atoms with E-state index in [-0.39, 0.29) is 5.54 Å². The molecule has 0 aromatic carbocycles. The Morgan fingerprint density at radius 3 is 2.62 bits per heavy atom. The van der Waals surface area contributed by atoms with E-state index in [1.54, 1.807) is 0 Å². The van der Waals surface area contributed by atoms with Crippen LogP contribution in [-0.2, 0) is 9.47 Å². The zero-order valence-electron chi connectivity index (χ0n) is 16.5. The van der Waals surface area contributed by atoms with Crippen molar-refractivity contribution >= 4 is 5.71 Å². The van der Waals surface area contributed by atoms with E-state index in [0.29, 0.717) is 6.73 Å². The van der Waals surface area contributed by atoms with Gasteiger partial charge in [-0.15, -0.1) is 0 Å². The van der Waals surface area contributed by atoms with Crippen molar-refractivity contribution < 1.29 is 9.47 Å². The SMILES string of the molecule is C=C/C=C1/C(CN2CCOCC2)=CC2=C(OCN(C(C)(C)C)C2)C1=NC. The summed E-state index contributed by atoms with van der Waals surface area (Å²) in [6.07, 6.45) is 6.19. The van der Waals surface area contributed by atoms with Crippen molar-refractivity contribution in [1.29, 1.82) is 0 Å². The average Bonchev–Trinajstić information content (AvgIpc) is 2.62. The minimum Gasteiger partial charge on any atom is -0.475 e. The van der Waals surface area contributed by atoms with Gasteiger partial charge in [-0.05, 0) is 32.4 Å². The van der Waals surface area contributed by atoms with Crippen molar-refractivity contribution in [2.24, 2.45) is 4.99 Å². The monoisotopic (exact) mass is 357 g/mol. The lowest BCUT2D eigenvalue weighted by molar-refractivity contribution is 0.00853. The normalized spacial score (nSPS) is 25.9. The third-order valence-electron chi connectivity index (χ3n) is 5.14. The van der Waals surface area contributed by atoms with Crippen LogP contribution in [0.4, 0.5) is 0 Å². The first kappa shape index (κ1) is 19.1. The Labute approximate surface area is 157 Å². The predicted molar refractivity (Wildman–Crippen MR) is 106 cm³/mol. The van der Waals surface area contributed by atoms with Crippen molar-refractivity contribution in [3.05, 3.63) is 47.3 Å². The van der Waals surface area contributed by atoms with Gasteiger partial charge in [0.25, 0.3) is 0 Å². The van der Waals surface area contributed by atoms with Gasteiger partial charge in [-0.2, -0.15) is 0 Å². The van der Waals surface area contributed by atoms with Gasteiger partial charge in [0.15, 0.2) is 5.76 Å². The summed E-state index contributed by atoms with van der Waals surface area (Å²) in [5.74, 6) is 0.923. The third-order valence-corrected chi connectivity index (χ3v) is 5.14. The van der Waals surface area contributed by atoms with Gasteiger partial charge in [0.1, 0.15) is 12.4 Å². The van der Waals surface area contributed by atoms with E-state index >= 15 is 0 Å². The molecule has 2 heterocycles. The zero-order chi connectivity index (χ0) is 18.7. The van der Waals surface area contributed by atoms with Crippen LogP contribution in [0.2, 0.25) is 0 Å². The molecule has 26 heavy (non-hydrogen) atoms. The highest BCUT2D eigenvalue weighted by Gasteiger charge is 2.33. The standard InChI is InChI=1S/C21H31N3O2/c1-6-7-18-16(13-23-8-10-25-11-9-23)12-17-14-24(21(2,3)4)15-26-20(17)19(18)22-5/h6-7,12H,1,8-11,13-15H2,2-5H3/b18-7-,22-19?. The molecular formula is C21H31N3O2. The van der Waals surface area contributed by atoms with Crippen molar-refractivity contribution in [2.45, 2.75) is 26.3 Å². The number of morpholine rings is 1. The fourth-order valence-corrected chi connectivity index (χ4v) is 3.54. The quantitative estimate of drug-likeness (QED) is 0.778. The second kappa shape index (κ2) is 7.91. The highest BCUT2D eigenvalue weighted by atomic mass is 16.5. The summed E-state index contributed by atoms with van der Waals surface area (Å²) in [6, 6.07) is 0. The lowest BCUT2D eigenvalue weighted by atomic mass is 9.88. The van der Waals surface area contributed by atoms with Crippen molar-refractivity contribution in [3.8, 4) is 0 Å². The number of aliphatic imine (C=N–C) groups is 1. The fraction of sp³-hybridized carbons (Fsp3) is 0.571. The van der Waals surface area contributed by atoms with Crippen LogP contribution in [-0.4, -0.2) is 74.2 Å². The molecule has 0 bridgehead atoms. The number of ether oxygens (including phenoxy) is 2. The summed E-state index contributed by atoms with van der Waals surface area (Å²) in [5, 5.41) is 0. The van der Waals surface area contributed by atoms with E-state index in [4.69, 9.17) is 9.47 Å². The first-order valence-electron chi connectivity index (χ1n) is 9.36. The van der Waals surface area contributed by atoms with Gasteiger partial charge < -0.3 is 9.47 Å². The van der Waals surface area contributed by atoms with Gasteiger partial charge in [0, 0.05) is 49.9 Å². The van der Waals surface area contributed by atoms with Crippen LogP contribution in [0, 0.1) is 0 Å². The second-order valence-electron chi connectivity index (χ2n) is 7.94. The Morgan fingerprint density at radius 1 is 1.27 bits per heavy atom.